The number of hydrogen-bond acceptors (Lipinski definition) is 0. The molecule has 0 fully saturated rings. The summed E-state index contributed by atoms with van der Waals surface area (Å²) in [7, 11) is 0. The molecule has 3 rings (SSSR count). The predicted octanol–water partition coefficient (Wildman–Crippen LogP) is 0.0515. The molecule has 25 heavy (non-hydrogen) atoms. The topological polar surface area (TPSA) is 0 Å². The summed E-state index contributed by atoms with van der Waals surface area (Å²) in [6, 6.07) is 18.2. The van der Waals surface area contributed by atoms with Crippen molar-refractivity contribution in [1.82, 2.24) is 0 Å². The molecule has 0 heterocycles. The Hall–Kier alpha value is -0.357. The quantitative estimate of drug-likeness (QED) is 0.606. The van der Waals surface area contributed by atoms with Gasteiger partial charge in [-0.2, -0.15) is 0 Å². The monoisotopic (exact) mass is 449 g/mol. The molecular weight excluding hydrogens is 426 g/mol. The molecule has 2 aromatic rings. The molecule has 1 aliphatic rings. The van der Waals surface area contributed by atoms with Gasteiger partial charge in [0.05, 0.1) is 0 Å². The Morgan fingerprint density at radius 2 is 1.44 bits per heavy atom. The van der Waals surface area contributed by atoms with Crippen LogP contribution < -0.4 is 24.8 Å². The van der Waals surface area contributed by atoms with Crippen molar-refractivity contribution in [1.29, 1.82) is 0 Å². The van der Waals surface area contributed by atoms with Crippen molar-refractivity contribution >= 4 is 5.57 Å². The molecule has 3 heteroatoms. The van der Waals surface area contributed by atoms with Crippen LogP contribution in [0.25, 0.3) is 5.57 Å². The maximum Gasteiger partial charge on any atom is -1.00 e. The fourth-order valence-electron chi connectivity index (χ4n) is 3.52. The number of benzene rings is 2. The van der Waals surface area contributed by atoms with E-state index in [2.05, 4.69) is 83.1 Å². The molecule has 1 atom stereocenters. The van der Waals surface area contributed by atoms with Gasteiger partial charge in [0.2, 0.25) is 0 Å². The van der Waals surface area contributed by atoms with Crippen LogP contribution in [0.5, 0.6) is 0 Å². The van der Waals surface area contributed by atoms with Crippen LogP contribution >= 0.6 is 0 Å². The smallest absolute Gasteiger partial charge is 1.00 e. The van der Waals surface area contributed by atoms with E-state index in [1.807, 2.05) is 0 Å². The summed E-state index contributed by atoms with van der Waals surface area (Å²) >= 11 is 1.59. The van der Waals surface area contributed by atoms with E-state index in [9.17, 15) is 0 Å². The zero-order valence-corrected chi connectivity index (χ0v) is 19.5. The van der Waals surface area contributed by atoms with E-state index in [-0.39, 0.29) is 30.2 Å². The summed E-state index contributed by atoms with van der Waals surface area (Å²) in [5, 5.41) is 0. The van der Waals surface area contributed by atoms with Crippen molar-refractivity contribution in [2.24, 2.45) is 5.92 Å². The molecule has 131 valence electrons. The van der Waals surface area contributed by atoms with Gasteiger partial charge in [-0.3, -0.25) is 0 Å². The number of fused-ring (bicyclic) bond motifs is 1. The van der Waals surface area contributed by atoms with Crippen molar-refractivity contribution in [3.8, 4) is 0 Å². The van der Waals surface area contributed by atoms with Crippen molar-refractivity contribution in [3.05, 3.63) is 76.4 Å². The summed E-state index contributed by atoms with van der Waals surface area (Å²) in [6.45, 7) is 11.5. The second-order valence-electron chi connectivity index (χ2n) is 7.83. The van der Waals surface area contributed by atoms with E-state index in [0.29, 0.717) is 9.54 Å². The zero-order valence-electron chi connectivity index (χ0n) is 15.5. The van der Waals surface area contributed by atoms with Crippen LogP contribution in [0, 0.1) is 5.92 Å². The van der Waals surface area contributed by atoms with Crippen molar-refractivity contribution in [2.45, 2.75) is 43.7 Å². The van der Waals surface area contributed by atoms with Gasteiger partial charge in [0.1, 0.15) is 0 Å². The van der Waals surface area contributed by atoms with Crippen LogP contribution in [0.1, 0.15) is 60.5 Å². The van der Waals surface area contributed by atoms with E-state index < -0.39 is 0 Å². The number of rotatable bonds is 2. The van der Waals surface area contributed by atoms with Gasteiger partial charge in [-0.15, -0.1) is 0 Å². The maximum absolute atomic E-state index is 2.34. The number of allylic oxidation sites excluding steroid dienone is 1. The van der Waals surface area contributed by atoms with Crippen molar-refractivity contribution < 1.29 is 49.5 Å². The summed E-state index contributed by atoms with van der Waals surface area (Å²) in [5.74, 6) is 0.587. The van der Waals surface area contributed by atoms with Gasteiger partial charge in [0.25, 0.3) is 0 Å². The van der Waals surface area contributed by atoms with Crippen LogP contribution in [0.15, 0.2) is 54.1 Å². The molecule has 1 unspecified atom stereocenters. The third-order valence-electron chi connectivity index (χ3n) is 4.80. The largest absolute Gasteiger partial charge is 1.00 e. The average molecular weight is 452 g/mol. The molecular formula is C22H25Cl2Zr. The van der Waals surface area contributed by atoms with E-state index in [0.717, 1.165) is 0 Å². The average Bonchev–Trinajstić information content (AvgIpc) is 2.80. The minimum absolute atomic E-state index is 0. The van der Waals surface area contributed by atoms with Gasteiger partial charge in [0, 0.05) is 0 Å². The first-order valence-electron chi connectivity index (χ1n) is 8.46. The normalized spacial score (nSPS) is 16.4. The van der Waals surface area contributed by atoms with E-state index in [1.54, 1.807) is 30.3 Å². The SMILES string of the molecule is CC(C)C1=C(c2ccc(C(C)(C)C)cc2)c2ccccc2[CH]1[Zr+2].[Cl-].[Cl-]. The molecule has 0 bridgehead atoms. The Morgan fingerprint density at radius 3 is 1.96 bits per heavy atom. The summed E-state index contributed by atoms with van der Waals surface area (Å²) < 4.78 is 0.607. The van der Waals surface area contributed by atoms with E-state index in [4.69, 9.17) is 0 Å². The summed E-state index contributed by atoms with van der Waals surface area (Å²) in [5.41, 5.74) is 9.05. The van der Waals surface area contributed by atoms with E-state index >= 15 is 0 Å². The van der Waals surface area contributed by atoms with Gasteiger partial charge >= 0.3 is 156 Å². The minimum atomic E-state index is 0. The van der Waals surface area contributed by atoms with Gasteiger partial charge in [0.15, 0.2) is 0 Å². The number of halogens is 2. The number of hydrogen-bond donors (Lipinski definition) is 0. The van der Waals surface area contributed by atoms with Crippen LogP contribution in [-0.4, -0.2) is 0 Å². The van der Waals surface area contributed by atoms with E-state index in [1.165, 1.54) is 27.8 Å². The molecule has 0 spiro atoms. The molecule has 0 aliphatic heterocycles. The molecule has 0 amide bonds. The van der Waals surface area contributed by atoms with Gasteiger partial charge in [-0.25, -0.2) is 0 Å². The molecule has 0 radical (unpaired) electrons. The third-order valence-corrected chi connectivity index (χ3v) is 6.33. The van der Waals surface area contributed by atoms with Crippen molar-refractivity contribution in [3.63, 3.8) is 0 Å². The second kappa shape index (κ2) is 8.55. The first-order valence-corrected chi connectivity index (χ1v) is 9.88. The Morgan fingerprint density at radius 1 is 0.880 bits per heavy atom. The zero-order chi connectivity index (χ0) is 16.8. The fourth-order valence-corrected chi connectivity index (χ4v) is 5.32. The second-order valence-corrected chi connectivity index (χ2v) is 9.25. The molecule has 0 nitrogen and oxygen atoms in total. The molecule has 0 saturated carbocycles. The molecule has 1 aliphatic carbocycles. The Kier molecular flexibility index (Phi) is 7.76. The van der Waals surface area contributed by atoms with Crippen LogP contribution in [0.3, 0.4) is 0 Å². The van der Waals surface area contributed by atoms with Crippen LogP contribution in [-0.2, 0) is 30.1 Å². The third kappa shape index (κ3) is 4.32. The molecule has 0 N–H and O–H groups in total. The van der Waals surface area contributed by atoms with Crippen LogP contribution in [0.2, 0.25) is 0 Å². The fraction of sp³-hybridized carbons (Fsp3) is 0.364. The molecule has 2 aromatic carbocycles. The Balaban J connectivity index is 0.00000156. The first-order chi connectivity index (χ1) is 10.8. The summed E-state index contributed by atoms with van der Waals surface area (Å²) in [6.07, 6.45) is 0. The minimum Gasteiger partial charge on any atom is -1.00 e. The van der Waals surface area contributed by atoms with Crippen LogP contribution in [0.4, 0.5) is 0 Å². The van der Waals surface area contributed by atoms with Gasteiger partial charge in [-0.05, 0) is 0 Å². The van der Waals surface area contributed by atoms with Gasteiger partial charge in [-0.1, -0.05) is 0 Å². The van der Waals surface area contributed by atoms with Gasteiger partial charge < -0.3 is 24.8 Å². The molecule has 0 aromatic heterocycles. The first kappa shape index (κ1) is 22.7. The Labute approximate surface area is 180 Å². The molecule has 0 saturated heterocycles. The predicted molar refractivity (Wildman–Crippen MR) is 95.2 cm³/mol. The Bertz CT molecular complexity index is 752. The van der Waals surface area contributed by atoms with Crippen molar-refractivity contribution in [2.75, 3.05) is 0 Å². The standard InChI is InChI=1S/C22H25.2ClH.Zr/c1-15(2)20-14-17-8-6-7-9-19(17)21(20)16-10-12-18(13-11-16)22(3,4)5;;;/h6-15H,1-5H3;2*1H;/q;;;+2/p-2. The maximum atomic E-state index is 2.34. The summed E-state index contributed by atoms with van der Waals surface area (Å²) in [4.78, 5) is 0.